The molecule has 0 bridgehead atoms. The maximum atomic E-state index is 12.5. The number of rotatable bonds is 4. The van der Waals surface area contributed by atoms with Crippen LogP contribution in [0.5, 0.6) is 0 Å². The number of aromatic carboxylic acids is 1. The number of benzene rings is 2. The van der Waals surface area contributed by atoms with Crippen molar-refractivity contribution in [1.29, 1.82) is 0 Å². The number of anilines is 1. The smallest absolute Gasteiger partial charge is 0.263 e. The molecule has 0 saturated heterocycles. The Bertz CT molecular complexity index is 847. The number of carboxylic acid groups (broad SMARTS) is 1. The summed E-state index contributed by atoms with van der Waals surface area (Å²) in [6, 6.07) is 8.58. The highest BCUT2D eigenvalue weighted by Gasteiger charge is 2.20. The summed E-state index contributed by atoms with van der Waals surface area (Å²) in [6.45, 7) is 3.64. The SMILES string of the molecule is Cc1cccc(NS(=O)(=O)c2cc(C(=O)[O-])ccc2Cl)c1C. The number of aryl methyl sites for hydroxylation is 1. The second-order valence-corrected chi connectivity index (χ2v) is 6.84. The van der Waals surface area contributed by atoms with Crippen molar-refractivity contribution < 1.29 is 18.3 Å². The fourth-order valence-electron chi connectivity index (χ4n) is 1.90. The standard InChI is InChI=1S/C15H14ClNO4S/c1-9-4-3-5-13(10(9)2)17-22(20,21)14-8-11(15(18)19)6-7-12(14)16/h3-8,17H,1-2H3,(H,18,19)/p-1. The fraction of sp³-hybridized carbons (Fsp3) is 0.133. The van der Waals surface area contributed by atoms with E-state index in [2.05, 4.69) is 4.72 Å². The number of carboxylic acids is 1. The number of hydrogen-bond acceptors (Lipinski definition) is 4. The van der Waals surface area contributed by atoms with Crippen molar-refractivity contribution in [2.75, 3.05) is 4.72 Å². The highest BCUT2D eigenvalue weighted by molar-refractivity contribution is 7.92. The average Bonchev–Trinajstić information content (AvgIpc) is 2.43. The summed E-state index contributed by atoms with van der Waals surface area (Å²) in [7, 11) is -4.01. The molecule has 0 unspecified atom stereocenters. The largest absolute Gasteiger partial charge is 0.545 e. The second-order valence-electron chi connectivity index (χ2n) is 4.79. The van der Waals surface area contributed by atoms with Crippen LogP contribution in [-0.4, -0.2) is 14.4 Å². The van der Waals surface area contributed by atoms with E-state index in [0.29, 0.717) is 5.69 Å². The lowest BCUT2D eigenvalue weighted by molar-refractivity contribution is -0.255. The molecule has 0 aliphatic heterocycles. The van der Waals surface area contributed by atoms with Crippen LogP contribution in [0.4, 0.5) is 5.69 Å². The van der Waals surface area contributed by atoms with E-state index in [0.717, 1.165) is 17.2 Å². The molecule has 0 amide bonds. The van der Waals surface area contributed by atoms with E-state index >= 15 is 0 Å². The molecule has 0 aromatic heterocycles. The molecule has 5 nitrogen and oxygen atoms in total. The quantitative estimate of drug-likeness (QED) is 0.925. The highest BCUT2D eigenvalue weighted by Crippen LogP contribution is 2.27. The first-order valence-corrected chi connectivity index (χ1v) is 8.18. The van der Waals surface area contributed by atoms with E-state index in [1.165, 1.54) is 12.1 Å². The van der Waals surface area contributed by atoms with E-state index in [9.17, 15) is 18.3 Å². The molecule has 2 rings (SSSR count). The van der Waals surface area contributed by atoms with Crippen LogP contribution in [-0.2, 0) is 10.0 Å². The minimum Gasteiger partial charge on any atom is -0.545 e. The molecule has 2 aromatic carbocycles. The van der Waals surface area contributed by atoms with Gasteiger partial charge in [-0.3, -0.25) is 4.72 Å². The lowest BCUT2D eigenvalue weighted by atomic mass is 10.1. The number of carbonyl (C=O) groups is 1. The maximum absolute atomic E-state index is 12.5. The first-order chi connectivity index (χ1) is 10.2. The zero-order chi connectivity index (χ0) is 16.5. The third-order valence-corrected chi connectivity index (χ3v) is 5.15. The zero-order valence-electron chi connectivity index (χ0n) is 11.9. The molecular formula is C15H13ClNO4S-. The van der Waals surface area contributed by atoms with E-state index in [4.69, 9.17) is 11.6 Å². The first-order valence-electron chi connectivity index (χ1n) is 6.32. The van der Waals surface area contributed by atoms with E-state index in [1.807, 2.05) is 13.0 Å². The van der Waals surface area contributed by atoms with Crippen LogP contribution in [0, 0.1) is 13.8 Å². The van der Waals surface area contributed by atoms with Crippen molar-refractivity contribution in [3.63, 3.8) is 0 Å². The normalized spacial score (nSPS) is 11.2. The van der Waals surface area contributed by atoms with Gasteiger partial charge in [0.25, 0.3) is 10.0 Å². The number of sulfonamides is 1. The van der Waals surface area contributed by atoms with Gasteiger partial charge >= 0.3 is 0 Å². The summed E-state index contributed by atoms with van der Waals surface area (Å²) < 4.78 is 27.3. The minimum atomic E-state index is -4.01. The predicted octanol–water partition coefficient (Wildman–Crippen LogP) is 2.12. The maximum Gasteiger partial charge on any atom is 0.263 e. The Kier molecular flexibility index (Phi) is 4.44. The molecule has 116 valence electrons. The van der Waals surface area contributed by atoms with Gasteiger partial charge in [0.1, 0.15) is 4.90 Å². The first kappa shape index (κ1) is 16.3. The molecular weight excluding hydrogens is 326 g/mol. The number of hydrogen-bond donors (Lipinski definition) is 1. The minimum absolute atomic E-state index is 0.0668. The highest BCUT2D eigenvalue weighted by atomic mass is 35.5. The lowest BCUT2D eigenvalue weighted by Crippen LogP contribution is -2.23. The van der Waals surface area contributed by atoms with Crippen LogP contribution >= 0.6 is 11.6 Å². The summed E-state index contributed by atoms with van der Waals surface area (Å²) in [5.41, 5.74) is 1.86. The molecule has 22 heavy (non-hydrogen) atoms. The monoisotopic (exact) mass is 338 g/mol. The van der Waals surface area contributed by atoms with Gasteiger partial charge in [-0.15, -0.1) is 0 Å². The molecule has 1 N–H and O–H groups in total. The molecule has 0 radical (unpaired) electrons. The van der Waals surface area contributed by atoms with Gasteiger partial charge in [0, 0.05) is 0 Å². The Morgan fingerprint density at radius 1 is 1.18 bits per heavy atom. The molecule has 0 aliphatic carbocycles. The number of nitrogens with one attached hydrogen (secondary N) is 1. The van der Waals surface area contributed by atoms with Gasteiger partial charge in [-0.2, -0.15) is 0 Å². The van der Waals surface area contributed by atoms with Gasteiger partial charge in [0.15, 0.2) is 0 Å². The third-order valence-electron chi connectivity index (χ3n) is 3.31. The van der Waals surface area contributed by atoms with Gasteiger partial charge in [-0.05, 0) is 48.7 Å². The van der Waals surface area contributed by atoms with Gasteiger partial charge in [0.2, 0.25) is 0 Å². The van der Waals surface area contributed by atoms with Gasteiger partial charge < -0.3 is 9.90 Å². The molecule has 0 aliphatic rings. The van der Waals surface area contributed by atoms with Crippen molar-refractivity contribution in [3.8, 4) is 0 Å². The molecule has 0 heterocycles. The van der Waals surface area contributed by atoms with Crippen LogP contribution in [0.1, 0.15) is 21.5 Å². The lowest BCUT2D eigenvalue weighted by Gasteiger charge is -2.14. The van der Waals surface area contributed by atoms with Gasteiger partial charge in [0.05, 0.1) is 16.7 Å². The summed E-state index contributed by atoms with van der Waals surface area (Å²) in [6.07, 6.45) is 0. The Hall–Kier alpha value is -2.05. The Balaban J connectivity index is 2.49. The van der Waals surface area contributed by atoms with Crippen molar-refractivity contribution in [2.24, 2.45) is 0 Å². The molecule has 0 fully saturated rings. The number of halogens is 1. The zero-order valence-corrected chi connectivity index (χ0v) is 13.5. The van der Waals surface area contributed by atoms with Crippen LogP contribution in [0.15, 0.2) is 41.3 Å². The van der Waals surface area contributed by atoms with Crippen molar-refractivity contribution >= 4 is 33.3 Å². The fourth-order valence-corrected chi connectivity index (χ4v) is 3.55. The Labute approximate surface area is 133 Å². The van der Waals surface area contributed by atoms with Crippen LogP contribution < -0.4 is 9.83 Å². The molecule has 7 heteroatoms. The van der Waals surface area contributed by atoms with Crippen LogP contribution in [0.25, 0.3) is 0 Å². The molecule has 0 atom stereocenters. The third kappa shape index (κ3) is 3.23. The van der Waals surface area contributed by atoms with Crippen molar-refractivity contribution in [2.45, 2.75) is 18.7 Å². The summed E-state index contributed by atoms with van der Waals surface area (Å²) >= 11 is 5.89. The number of carbonyl (C=O) groups excluding carboxylic acids is 1. The van der Waals surface area contributed by atoms with Crippen LogP contribution in [0.2, 0.25) is 5.02 Å². The topological polar surface area (TPSA) is 86.3 Å². The second kappa shape index (κ2) is 5.98. The van der Waals surface area contributed by atoms with Crippen molar-refractivity contribution in [3.05, 3.63) is 58.1 Å². The predicted molar refractivity (Wildman–Crippen MR) is 82.5 cm³/mol. The molecule has 0 spiro atoms. The molecule has 0 saturated carbocycles. The molecule has 2 aromatic rings. The van der Waals surface area contributed by atoms with E-state index in [-0.39, 0.29) is 15.5 Å². The summed E-state index contributed by atoms with van der Waals surface area (Å²) in [5.74, 6) is -1.47. The van der Waals surface area contributed by atoms with Gasteiger partial charge in [-0.1, -0.05) is 29.8 Å². The van der Waals surface area contributed by atoms with Crippen LogP contribution in [0.3, 0.4) is 0 Å². The van der Waals surface area contributed by atoms with Gasteiger partial charge in [-0.25, -0.2) is 8.42 Å². The Morgan fingerprint density at radius 2 is 1.86 bits per heavy atom. The summed E-state index contributed by atoms with van der Waals surface area (Å²) in [4.78, 5) is 10.6. The van der Waals surface area contributed by atoms with Crippen molar-refractivity contribution in [1.82, 2.24) is 0 Å². The summed E-state index contributed by atoms with van der Waals surface area (Å²) in [5, 5.41) is 10.8. The van der Waals surface area contributed by atoms with E-state index in [1.54, 1.807) is 19.1 Å². The average molecular weight is 339 g/mol. The Morgan fingerprint density at radius 3 is 2.50 bits per heavy atom. The van der Waals surface area contributed by atoms with E-state index < -0.39 is 16.0 Å².